The molecule has 0 heterocycles. The molecule has 0 spiro atoms. The van der Waals surface area contributed by atoms with E-state index in [2.05, 4.69) is 28.9 Å². The first-order valence-electron chi connectivity index (χ1n) is 7.14. The Hall–Kier alpha value is -1.31. The van der Waals surface area contributed by atoms with E-state index in [9.17, 15) is 8.42 Å². The third-order valence-corrected chi connectivity index (χ3v) is 5.42. The highest BCUT2D eigenvalue weighted by Gasteiger charge is 2.28. The van der Waals surface area contributed by atoms with Crippen LogP contribution in [0.5, 0.6) is 0 Å². The Morgan fingerprint density at radius 3 is 2.62 bits per heavy atom. The van der Waals surface area contributed by atoms with Crippen LogP contribution in [0.4, 0.5) is 11.4 Å². The zero-order valence-electron chi connectivity index (χ0n) is 12.8. The molecule has 0 amide bonds. The average molecular weight is 312 g/mol. The summed E-state index contributed by atoms with van der Waals surface area (Å²) >= 11 is 0. The second kappa shape index (κ2) is 6.21. The van der Waals surface area contributed by atoms with Crippen LogP contribution in [-0.4, -0.2) is 46.0 Å². The van der Waals surface area contributed by atoms with Gasteiger partial charge in [0.05, 0.1) is 16.3 Å². The van der Waals surface area contributed by atoms with Gasteiger partial charge in [0, 0.05) is 18.6 Å². The standard InChI is InChI=1S/C14H24N4O2S/c1-10(18(3)11-4-5-11)9-17-14-7-6-12(8-13(14)15)21(19,20)16-2/h6-8,10-11,16-17H,4-5,9,15H2,1-3H3. The van der Waals surface area contributed by atoms with Gasteiger partial charge in [0.2, 0.25) is 10.0 Å². The van der Waals surface area contributed by atoms with Gasteiger partial charge in [-0.3, -0.25) is 4.90 Å². The summed E-state index contributed by atoms with van der Waals surface area (Å²) < 4.78 is 25.7. The van der Waals surface area contributed by atoms with Crippen LogP contribution in [0.25, 0.3) is 0 Å². The van der Waals surface area contributed by atoms with Gasteiger partial charge >= 0.3 is 0 Å². The lowest BCUT2D eigenvalue weighted by atomic mass is 10.2. The highest BCUT2D eigenvalue weighted by atomic mass is 32.2. The maximum absolute atomic E-state index is 11.7. The zero-order valence-corrected chi connectivity index (χ0v) is 13.6. The molecule has 21 heavy (non-hydrogen) atoms. The predicted molar refractivity (Wildman–Crippen MR) is 85.8 cm³/mol. The van der Waals surface area contributed by atoms with Gasteiger partial charge in [-0.15, -0.1) is 0 Å². The van der Waals surface area contributed by atoms with Crippen LogP contribution in [0.15, 0.2) is 23.1 Å². The topological polar surface area (TPSA) is 87.5 Å². The van der Waals surface area contributed by atoms with Crippen molar-refractivity contribution < 1.29 is 8.42 Å². The van der Waals surface area contributed by atoms with Crippen molar-refractivity contribution in [2.75, 3.05) is 31.7 Å². The number of nitrogens with zero attached hydrogens (tertiary/aromatic N) is 1. The molecule has 7 heteroatoms. The van der Waals surface area contributed by atoms with E-state index in [4.69, 9.17) is 5.73 Å². The molecule has 0 aliphatic heterocycles. The Kier molecular flexibility index (Phi) is 4.75. The summed E-state index contributed by atoms with van der Waals surface area (Å²) in [6.45, 7) is 2.94. The van der Waals surface area contributed by atoms with E-state index in [-0.39, 0.29) is 4.90 Å². The van der Waals surface area contributed by atoms with E-state index >= 15 is 0 Å². The summed E-state index contributed by atoms with van der Waals surface area (Å²) in [5.74, 6) is 0. The van der Waals surface area contributed by atoms with Crippen LogP contribution in [0.3, 0.4) is 0 Å². The van der Waals surface area contributed by atoms with Crippen LogP contribution >= 0.6 is 0 Å². The molecule has 1 atom stereocenters. The molecule has 0 saturated heterocycles. The number of nitrogen functional groups attached to an aromatic ring is 1. The number of hydrogen-bond acceptors (Lipinski definition) is 5. The number of hydrogen-bond donors (Lipinski definition) is 3. The van der Waals surface area contributed by atoms with Gasteiger partial charge in [-0.05, 0) is 52.1 Å². The molecule has 1 fully saturated rings. The van der Waals surface area contributed by atoms with Gasteiger partial charge in [-0.25, -0.2) is 13.1 Å². The second-order valence-electron chi connectivity index (χ2n) is 5.58. The average Bonchev–Trinajstić information content (AvgIpc) is 3.29. The smallest absolute Gasteiger partial charge is 0.240 e. The van der Waals surface area contributed by atoms with E-state index in [1.807, 2.05) is 0 Å². The van der Waals surface area contributed by atoms with Crippen molar-refractivity contribution in [1.82, 2.24) is 9.62 Å². The summed E-state index contributed by atoms with van der Waals surface area (Å²) in [7, 11) is 0.0658. The molecule has 2 rings (SSSR count). The molecule has 4 N–H and O–H groups in total. The highest BCUT2D eigenvalue weighted by Crippen LogP contribution is 2.27. The van der Waals surface area contributed by atoms with E-state index < -0.39 is 10.0 Å². The first-order valence-corrected chi connectivity index (χ1v) is 8.62. The van der Waals surface area contributed by atoms with Crippen LogP contribution in [0, 0.1) is 0 Å². The molecule has 1 unspecified atom stereocenters. The fraction of sp³-hybridized carbons (Fsp3) is 0.571. The van der Waals surface area contributed by atoms with Crippen molar-refractivity contribution in [3.8, 4) is 0 Å². The highest BCUT2D eigenvalue weighted by molar-refractivity contribution is 7.89. The molecular formula is C14H24N4O2S. The molecule has 0 radical (unpaired) electrons. The van der Waals surface area contributed by atoms with Crippen molar-refractivity contribution >= 4 is 21.4 Å². The maximum atomic E-state index is 11.7. The monoisotopic (exact) mass is 312 g/mol. The van der Waals surface area contributed by atoms with Crippen LogP contribution in [0.2, 0.25) is 0 Å². The lowest BCUT2D eigenvalue weighted by molar-refractivity contribution is 0.257. The van der Waals surface area contributed by atoms with E-state index in [1.165, 1.54) is 26.0 Å². The predicted octanol–water partition coefficient (Wildman–Crippen LogP) is 1.07. The minimum Gasteiger partial charge on any atom is -0.397 e. The van der Waals surface area contributed by atoms with Crippen molar-refractivity contribution in [2.45, 2.75) is 36.7 Å². The number of nitrogens with one attached hydrogen (secondary N) is 2. The van der Waals surface area contributed by atoms with Gasteiger partial charge in [0.1, 0.15) is 0 Å². The SMILES string of the molecule is CNS(=O)(=O)c1ccc(NCC(C)N(C)C2CC2)c(N)c1. The number of benzene rings is 1. The second-order valence-corrected chi connectivity index (χ2v) is 7.47. The number of nitrogens with two attached hydrogens (primary N) is 1. The third-order valence-electron chi connectivity index (χ3n) is 4.01. The Morgan fingerprint density at radius 1 is 1.43 bits per heavy atom. The first-order chi connectivity index (χ1) is 9.85. The van der Waals surface area contributed by atoms with Crippen molar-refractivity contribution in [1.29, 1.82) is 0 Å². The van der Waals surface area contributed by atoms with Crippen LogP contribution in [-0.2, 0) is 10.0 Å². The van der Waals surface area contributed by atoms with Crippen molar-refractivity contribution in [3.05, 3.63) is 18.2 Å². The molecule has 1 aromatic carbocycles. The summed E-state index contributed by atoms with van der Waals surface area (Å²) in [5.41, 5.74) is 7.14. The minimum atomic E-state index is -3.45. The molecule has 1 saturated carbocycles. The first kappa shape index (κ1) is 16.1. The Labute approximate surface area is 126 Å². The van der Waals surface area contributed by atoms with Gasteiger partial charge in [0.15, 0.2) is 0 Å². The van der Waals surface area contributed by atoms with Gasteiger partial charge in [0.25, 0.3) is 0 Å². The molecule has 1 aliphatic rings. The maximum Gasteiger partial charge on any atom is 0.240 e. The molecule has 1 aromatic rings. The Morgan fingerprint density at radius 2 is 2.10 bits per heavy atom. The van der Waals surface area contributed by atoms with E-state index in [0.717, 1.165) is 12.2 Å². The summed E-state index contributed by atoms with van der Waals surface area (Å²) in [5, 5.41) is 3.29. The number of likely N-dealkylation sites (N-methyl/N-ethyl adjacent to an activating group) is 1. The molecular weight excluding hydrogens is 288 g/mol. The lowest BCUT2D eigenvalue weighted by Gasteiger charge is -2.25. The van der Waals surface area contributed by atoms with Crippen LogP contribution < -0.4 is 15.8 Å². The summed E-state index contributed by atoms with van der Waals surface area (Å²) in [6, 6.07) is 5.85. The molecule has 1 aliphatic carbocycles. The number of sulfonamides is 1. The molecule has 0 aromatic heterocycles. The Bertz CT molecular complexity index is 599. The lowest BCUT2D eigenvalue weighted by Crippen LogP contribution is -2.36. The van der Waals surface area contributed by atoms with Crippen molar-refractivity contribution in [3.63, 3.8) is 0 Å². The number of anilines is 2. The fourth-order valence-corrected chi connectivity index (χ4v) is 3.00. The summed E-state index contributed by atoms with van der Waals surface area (Å²) in [4.78, 5) is 2.54. The zero-order chi connectivity index (χ0) is 15.6. The number of rotatable bonds is 7. The van der Waals surface area contributed by atoms with Gasteiger partial charge < -0.3 is 11.1 Å². The summed E-state index contributed by atoms with van der Waals surface area (Å²) in [6.07, 6.45) is 2.55. The molecule has 0 bridgehead atoms. The normalized spacial score (nSPS) is 17.0. The Balaban J connectivity index is 2.01. The van der Waals surface area contributed by atoms with E-state index in [1.54, 1.807) is 12.1 Å². The third kappa shape index (κ3) is 3.87. The van der Waals surface area contributed by atoms with Crippen molar-refractivity contribution in [2.24, 2.45) is 0 Å². The van der Waals surface area contributed by atoms with Crippen LogP contribution in [0.1, 0.15) is 19.8 Å². The van der Waals surface area contributed by atoms with Gasteiger partial charge in [-0.1, -0.05) is 0 Å². The van der Waals surface area contributed by atoms with Gasteiger partial charge in [-0.2, -0.15) is 0 Å². The molecule has 6 nitrogen and oxygen atoms in total. The largest absolute Gasteiger partial charge is 0.397 e. The molecule has 118 valence electrons. The minimum absolute atomic E-state index is 0.177. The quantitative estimate of drug-likeness (QED) is 0.656. The fourth-order valence-electron chi connectivity index (χ4n) is 2.23. The van der Waals surface area contributed by atoms with E-state index in [0.29, 0.717) is 17.8 Å².